The number of nitrogens with zero attached hydrogens (tertiary/aromatic N) is 2. The lowest BCUT2D eigenvalue weighted by Gasteiger charge is -1.96. The number of aromatic amines is 1. The van der Waals surface area contributed by atoms with Crippen molar-refractivity contribution in [3.05, 3.63) is 15.3 Å². The molecule has 1 aromatic rings. The number of hydrogen-bond acceptors (Lipinski definition) is 4. The highest BCUT2D eigenvalue weighted by atomic mass is 32.1. The molecule has 1 aliphatic rings. The van der Waals surface area contributed by atoms with E-state index in [-0.39, 0.29) is 0 Å². The van der Waals surface area contributed by atoms with Crippen molar-refractivity contribution >= 4 is 12.2 Å². The number of ether oxygens (including phenoxy) is 1. The molecule has 0 aliphatic carbocycles. The van der Waals surface area contributed by atoms with E-state index in [1.54, 1.807) is 4.57 Å². The van der Waals surface area contributed by atoms with E-state index in [2.05, 4.69) is 9.97 Å². The van der Waals surface area contributed by atoms with Gasteiger partial charge in [0.25, 0.3) is 0 Å². The van der Waals surface area contributed by atoms with Crippen molar-refractivity contribution in [3.8, 4) is 6.01 Å². The quantitative estimate of drug-likeness (QED) is 0.544. The Morgan fingerprint density at radius 1 is 1.73 bits per heavy atom. The molecule has 5 nitrogen and oxygen atoms in total. The Morgan fingerprint density at radius 2 is 2.55 bits per heavy atom. The molecule has 0 spiro atoms. The Labute approximate surface area is 66.7 Å². The Balaban J connectivity index is 2.80. The first kappa shape index (κ1) is 6.53. The minimum Gasteiger partial charge on any atom is -0.463 e. The van der Waals surface area contributed by atoms with Gasteiger partial charge in [-0.1, -0.05) is 0 Å². The molecule has 0 aromatic carbocycles. The lowest BCUT2D eigenvalue weighted by Crippen LogP contribution is -2.14. The lowest BCUT2D eigenvalue weighted by molar-refractivity contribution is 0.343. The van der Waals surface area contributed by atoms with Crippen molar-refractivity contribution in [2.24, 2.45) is 0 Å². The summed E-state index contributed by atoms with van der Waals surface area (Å²) in [6.07, 6.45) is 0. The highest BCUT2D eigenvalue weighted by molar-refractivity contribution is 7.71. The van der Waals surface area contributed by atoms with E-state index >= 15 is 0 Å². The van der Waals surface area contributed by atoms with Crippen LogP contribution >= 0.6 is 12.2 Å². The zero-order valence-corrected chi connectivity index (χ0v) is 6.35. The van der Waals surface area contributed by atoms with E-state index in [1.165, 1.54) is 0 Å². The molecule has 58 valence electrons. The van der Waals surface area contributed by atoms with Crippen LogP contribution < -0.4 is 10.4 Å². The molecule has 1 aromatic heterocycles. The Kier molecular flexibility index (Phi) is 1.28. The van der Waals surface area contributed by atoms with Crippen LogP contribution in [0.15, 0.2) is 4.79 Å². The van der Waals surface area contributed by atoms with Crippen LogP contribution in [0.5, 0.6) is 6.01 Å². The number of rotatable bonds is 0. The molecule has 0 saturated carbocycles. The first-order valence-electron chi connectivity index (χ1n) is 3.11. The van der Waals surface area contributed by atoms with Crippen molar-refractivity contribution in [2.45, 2.75) is 6.54 Å². The molecular formula is C5H5N3O2S. The fourth-order valence-corrected chi connectivity index (χ4v) is 1.21. The molecule has 0 bridgehead atoms. The van der Waals surface area contributed by atoms with E-state index in [1.807, 2.05) is 0 Å². The molecule has 1 N–H and O–H groups in total. The molecule has 2 heterocycles. The molecule has 11 heavy (non-hydrogen) atoms. The second-order valence-electron chi connectivity index (χ2n) is 2.13. The molecule has 0 amide bonds. The zero-order valence-electron chi connectivity index (χ0n) is 5.53. The molecule has 0 atom stereocenters. The summed E-state index contributed by atoms with van der Waals surface area (Å²) in [5, 5.41) is 0. The van der Waals surface area contributed by atoms with E-state index in [9.17, 15) is 4.79 Å². The monoisotopic (exact) mass is 171 g/mol. The van der Waals surface area contributed by atoms with Crippen LogP contribution in [0.2, 0.25) is 0 Å². The van der Waals surface area contributed by atoms with Gasteiger partial charge in [-0.05, 0) is 12.2 Å². The van der Waals surface area contributed by atoms with Crippen LogP contribution in [0.4, 0.5) is 0 Å². The van der Waals surface area contributed by atoms with Gasteiger partial charge in [0, 0.05) is 0 Å². The predicted molar refractivity (Wildman–Crippen MR) is 39.2 cm³/mol. The largest absolute Gasteiger partial charge is 0.463 e. The summed E-state index contributed by atoms with van der Waals surface area (Å²) in [7, 11) is 0. The van der Waals surface area contributed by atoms with Gasteiger partial charge in [-0.2, -0.15) is 0 Å². The van der Waals surface area contributed by atoms with Gasteiger partial charge in [0.2, 0.25) is 0 Å². The van der Waals surface area contributed by atoms with Gasteiger partial charge in [-0.25, -0.2) is 4.79 Å². The standard InChI is InChI=1S/C5H5N3O2S/c9-3-6-4-8(1-2-10-4)5(11)7-3/h1-2H2,(H,7,9,11). The van der Waals surface area contributed by atoms with E-state index in [4.69, 9.17) is 17.0 Å². The number of aromatic nitrogens is 3. The topological polar surface area (TPSA) is 59.9 Å². The predicted octanol–water partition coefficient (Wildman–Crippen LogP) is -0.307. The number of hydrogen-bond donors (Lipinski definition) is 1. The third kappa shape index (κ3) is 0.949. The summed E-state index contributed by atoms with van der Waals surface area (Å²) >= 11 is 4.85. The molecule has 6 heteroatoms. The highest BCUT2D eigenvalue weighted by Gasteiger charge is 2.12. The highest BCUT2D eigenvalue weighted by Crippen LogP contribution is 2.09. The average Bonchev–Trinajstić information content (AvgIpc) is 2.34. The fraction of sp³-hybridized carbons (Fsp3) is 0.400. The van der Waals surface area contributed by atoms with Crippen LogP contribution in [0, 0.1) is 4.77 Å². The van der Waals surface area contributed by atoms with Gasteiger partial charge < -0.3 is 4.74 Å². The van der Waals surface area contributed by atoms with Crippen molar-refractivity contribution < 1.29 is 4.74 Å². The minimum atomic E-state index is -0.455. The molecule has 0 fully saturated rings. The van der Waals surface area contributed by atoms with Gasteiger partial charge in [0.1, 0.15) is 6.61 Å². The molecule has 1 aliphatic heterocycles. The van der Waals surface area contributed by atoms with Crippen molar-refractivity contribution in [2.75, 3.05) is 6.61 Å². The molecule has 0 unspecified atom stereocenters. The summed E-state index contributed by atoms with van der Waals surface area (Å²) in [5.41, 5.74) is -0.455. The van der Waals surface area contributed by atoms with Crippen LogP contribution in [-0.4, -0.2) is 21.1 Å². The minimum absolute atomic E-state index is 0.318. The van der Waals surface area contributed by atoms with Crippen molar-refractivity contribution in [3.63, 3.8) is 0 Å². The van der Waals surface area contributed by atoms with Crippen LogP contribution in [0.25, 0.3) is 0 Å². The number of fused-ring (bicyclic) bond motifs is 1. The van der Waals surface area contributed by atoms with Gasteiger partial charge in [0.15, 0.2) is 4.77 Å². The first-order chi connectivity index (χ1) is 5.27. The normalized spacial score (nSPS) is 14.2. The molecular weight excluding hydrogens is 166 g/mol. The Morgan fingerprint density at radius 3 is 3.36 bits per heavy atom. The fourth-order valence-electron chi connectivity index (χ4n) is 0.957. The second-order valence-corrected chi connectivity index (χ2v) is 2.52. The summed E-state index contributed by atoms with van der Waals surface area (Å²) in [5.74, 6) is 0. The molecule has 0 saturated heterocycles. The number of H-pyrrole nitrogens is 1. The van der Waals surface area contributed by atoms with E-state index in [0.29, 0.717) is 23.9 Å². The average molecular weight is 171 g/mol. The van der Waals surface area contributed by atoms with Crippen molar-refractivity contribution in [1.82, 2.24) is 14.5 Å². The summed E-state index contributed by atoms with van der Waals surface area (Å²) in [4.78, 5) is 16.7. The van der Waals surface area contributed by atoms with Gasteiger partial charge in [0.05, 0.1) is 6.54 Å². The van der Waals surface area contributed by atoms with Crippen LogP contribution in [0.1, 0.15) is 0 Å². The summed E-state index contributed by atoms with van der Waals surface area (Å²) in [6.45, 7) is 1.20. The summed E-state index contributed by atoms with van der Waals surface area (Å²) < 4.78 is 7.05. The Bertz CT molecular complexity index is 393. The van der Waals surface area contributed by atoms with Crippen molar-refractivity contribution in [1.29, 1.82) is 0 Å². The van der Waals surface area contributed by atoms with Gasteiger partial charge >= 0.3 is 11.7 Å². The third-order valence-electron chi connectivity index (χ3n) is 1.43. The smallest absolute Gasteiger partial charge is 0.351 e. The van der Waals surface area contributed by atoms with Crippen LogP contribution in [-0.2, 0) is 6.54 Å². The maximum atomic E-state index is 10.7. The van der Waals surface area contributed by atoms with Gasteiger partial charge in [-0.3, -0.25) is 9.55 Å². The number of nitrogens with one attached hydrogen (secondary N) is 1. The maximum Gasteiger partial charge on any atom is 0.351 e. The maximum absolute atomic E-state index is 10.7. The summed E-state index contributed by atoms with van der Waals surface area (Å²) in [6, 6.07) is 0.318. The SMILES string of the molecule is O=c1nc2n(c(=S)[nH]1)CCO2. The molecule has 0 radical (unpaired) electrons. The third-order valence-corrected chi connectivity index (χ3v) is 1.76. The first-order valence-corrected chi connectivity index (χ1v) is 3.52. The van der Waals surface area contributed by atoms with Gasteiger partial charge in [-0.15, -0.1) is 4.98 Å². The zero-order chi connectivity index (χ0) is 7.84. The molecule has 2 rings (SSSR count). The Hall–Kier alpha value is -1.17. The van der Waals surface area contributed by atoms with E-state index < -0.39 is 5.69 Å². The van der Waals surface area contributed by atoms with E-state index in [0.717, 1.165) is 0 Å². The second kappa shape index (κ2) is 2.16. The van der Waals surface area contributed by atoms with Crippen LogP contribution in [0.3, 0.4) is 0 Å². The lowest BCUT2D eigenvalue weighted by atomic mass is 10.7.